The van der Waals surface area contributed by atoms with Gasteiger partial charge in [-0.15, -0.1) is 0 Å². The molecule has 2 aromatic rings. The molecule has 3 N–H and O–H groups in total. The molecule has 0 aliphatic heterocycles. The lowest BCUT2D eigenvalue weighted by Crippen LogP contribution is -2.34. The fourth-order valence-corrected chi connectivity index (χ4v) is 2.87. The summed E-state index contributed by atoms with van der Waals surface area (Å²) in [4.78, 5) is 24.8. The van der Waals surface area contributed by atoms with Gasteiger partial charge in [-0.25, -0.2) is 0 Å². The van der Waals surface area contributed by atoms with Crippen molar-refractivity contribution in [2.75, 3.05) is 26.6 Å². The van der Waals surface area contributed by atoms with Crippen molar-refractivity contribution in [1.82, 2.24) is 10.6 Å². The van der Waals surface area contributed by atoms with E-state index in [1.807, 2.05) is 13.8 Å². The molecule has 1 atom stereocenters. The molecule has 0 fully saturated rings. The van der Waals surface area contributed by atoms with Crippen LogP contribution in [0.2, 0.25) is 0 Å². The predicted molar refractivity (Wildman–Crippen MR) is 123 cm³/mol. The van der Waals surface area contributed by atoms with Crippen LogP contribution in [0.25, 0.3) is 0 Å². The van der Waals surface area contributed by atoms with Crippen LogP contribution in [0.4, 0.5) is 5.69 Å². The zero-order valence-electron chi connectivity index (χ0n) is 18.2. The molecule has 31 heavy (non-hydrogen) atoms. The van der Waals surface area contributed by atoms with Crippen LogP contribution in [0, 0.1) is 0 Å². The third-order valence-corrected chi connectivity index (χ3v) is 4.75. The Balaban J connectivity index is 2.04. The van der Waals surface area contributed by atoms with E-state index in [1.165, 1.54) is 33.5 Å². The van der Waals surface area contributed by atoms with Crippen molar-refractivity contribution < 1.29 is 23.8 Å². The van der Waals surface area contributed by atoms with Gasteiger partial charge >= 0.3 is 0 Å². The van der Waals surface area contributed by atoms with Gasteiger partial charge in [-0.3, -0.25) is 14.9 Å². The number of anilines is 1. The molecular weight excluding hydrogens is 418 g/mol. The second-order valence-electron chi connectivity index (χ2n) is 6.68. The smallest absolute Gasteiger partial charge is 0.257 e. The second-order valence-corrected chi connectivity index (χ2v) is 7.09. The van der Waals surface area contributed by atoms with E-state index in [4.69, 9.17) is 26.4 Å². The van der Waals surface area contributed by atoms with Gasteiger partial charge < -0.3 is 24.8 Å². The van der Waals surface area contributed by atoms with Gasteiger partial charge in [0, 0.05) is 22.9 Å². The van der Waals surface area contributed by atoms with Gasteiger partial charge in [0.1, 0.15) is 0 Å². The number of methoxy groups -OCH3 is 3. The van der Waals surface area contributed by atoms with E-state index in [0.29, 0.717) is 28.5 Å². The third kappa shape index (κ3) is 6.32. The quantitative estimate of drug-likeness (QED) is 0.536. The average Bonchev–Trinajstić information content (AvgIpc) is 2.77. The van der Waals surface area contributed by atoms with Gasteiger partial charge in [-0.05, 0) is 62.0 Å². The first-order chi connectivity index (χ1) is 14.8. The number of thiocarbonyl (C=S) groups is 1. The zero-order chi connectivity index (χ0) is 23.0. The fraction of sp³-hybridized carbons (Fsp3) is 0.318. The molecule has 2 amide bonds. The van der Waals surface area contributed by atoms with Crippen LogP contribution in [0.15, 0.2) is 36.4 Å². The van der Waals surface area contributed by atoms with Crippen LogP contribution in [0.5, 0.6) is 17.2 Å². The largest absolute Gasteiger partial charge is 0.493 e. The van der Waals surface area contributed by atoms with Crippen LogP contribution >= 0.6 is 12.2 Å². The molecule has 9 heteroatoms. The summed E-state index contributed by atoms with van der Waals surface area (Å²) in [6, 6.07) is 9.96. The number of carbonyl (C=O) groups excluding carboxylic acids is 2. The summed E-state index contributed by atoms with van der Waals surface area (Å²) in [5, 5.41) is 8.54. The highest BCUT2D eigenvalue weighted by molar-refractivity contribution is 7.80. The fourth-order valence-electron chi connectivity index (χ4n) is 2.66. The Hall–Kier alpha value is -3.33. The molecule has 2 aromatic carbocycles. The maximum Gasteiger partial charge on any atom is 0.257 e. The SMILES string of the molecule is CCC(C)NC(=O)c1ccc(NC(=S)NC(=O)c2cc(OC)c(OC)c(OC)c2)cc1. The van der Waals surface area contributed by atoms with E-state index in [-0.39, 0.29) is 22.6 Å². The van der Waals surface area contributed by atoms with Crippen LogP contribution in [0.3, 0.4) is 0 Å². The number of carbonyl (C=O) groups is 2. The monoisotopic (exact) mass is 445 g/mol. The standard InChI is InChI=1S/C22H27N3O5S/c1-6-13(2)23-20(26)14-7-9-16(10-8-14)24-22(31)25-21(27)15-11-17(28-3)19(30-5)18(12-15)29-4/h7-13H,6H2,1-5H3,(H,23,26)(H2,24,25,27,31). The minimum absolute atomic E-state index is 0.100. The van der Waals surface area contributed by atoms with Crippen molar-refractivity contribution in [3.63, 3.8) is 0 Å². The van der Waals surface area contributed by atoms with Crippen LogP contribution in [0.1, 0.15) is 41.0 Å². The molecule has 0 saturated heterocycles. The Bertz CT molecular complexity index is 922. The molecule has 2 rings (SSSR count). The van der Waals surface area contributed by atoms with Crippen molar-refractivity contribution in [3.05, 3.63) is 47.5 Å². The second kappa shape index (κ2) is 11.2. The molecule has 0 aliphatic rings. The van der Waals surface area contributed by atoms with Crippen LogP contribution < -0.4 is 30.2 Å². The Morgan fingerprint density at radius 1 is 0.935 bits per heavy atom. The predicted octanol–water partition coefficient (Wildman–Crippen LogP) is 3.37. The van der Waals surface area contributed by atoms with Crippen molar-refractivity contribution >= 4 is 34.8 Å². The summed E-state index contributed by atoms with van der Waals surface area (Å²) in [5.74, 6) is 0.523. The molecule has 0 aromatic heterocycles. The van der Waals surface area contributed by atoms with Gasteiger partial charge in [-0.2, -0.15) is 0 Å². The Morgan fingerprint density at radius 2 is 1.52 bits per heavy atom. The summed E-state index contributed by atoms with van der Waals surface area (Å²) in [6.07, 6.45) is 0.852. The van der Waals surface area contributed by atoms with Gasteiger partial charge in [0.05, 0.1) is 21.3 Å². The Labute approximate surface area is 187 Å². The molecule has 0 spiro atoms. The average molecular weight is 446 g/mol. The van der Waals surface area contributed by atoms with Gasteiger partial charge in [0.15, 0.2) is 16.6 Å². The lowest BCUT2D eigenvalue weighted by atomic mass is 10.1. The topological polar surface area (TPSA) is 97.9 Å². The zero-order valence-corrected chi connectivity index (χ0v) is 19.0. The molecule has 0 radical (unpaired) electrons. The van der Waals surface area contributed by atoms with Gasteiger partial charge in [-0.1, -0.05) is 6.92 Å². The van der Waals surface area contributed by atoms with Crippen LogP contribution in [-0.2, 0) is 0 Å². The van der Waals surface area contributed by atoms with E-state index in [0.717, 1.165) is 6.42 Å². The van der Waals surface area contributed by atoms with Crippen LogP contribution in [-0.4, -0.2) is 44.3 Å². The van der Waals surface area contributed by atoms with E-state index >= 15 is 0 Å². The minimum Gasteiger partial charge on any atom is -0.493 e. The van der Waals surface area contributed by atoms with E-state index in [1.54, 1.807) is 24.3 Å². The van der Waals surface area contributed by atoms with Crippen molar-refractivity contribution in [1.29, 1.82) is 0 Å². The number of ether oxygens (including phenoxy) is 3. The Morgan fingerprint density at radius 3 is 2.00 bits per heavy atom. The molecule has 0 aliphatic carbocycles. The van der Waals surface area contributed by atoms with E-state index in [9.17, 15) is 9.59 Å². The molecule has 1 unspecified atom stereocenters. The molecule has 166 valence electrons. The van der Waals surface area contributed by atoms with Crippen molar-refractivity contribution in [3.8, 4) is 17.2 Å². The summed E-state index contributed by atoms with van der Waals surface area (Å²) in [6.45, 7) is 3.95. The van der Waals surface area contributed by atoms with Crippen molar-refractivity contribution in [2.24, 2.45) is 0 Å². The summed E-state index contributed by atoms with van der Waals surface area (Å²) < 4.78 is 15.8. The summed E-state index contributed by atoms with van der Waals surface area (Å²) in [5.41, 5.74) is 1.46. The number of hydrogen-bond donors (Lipinski definition) is 3. The highest BCUT2D eigenvalue weighted by Gasteiger charge is 2.18. The first kappa shape index (κ1) is 23.9. The molecule has 0 bridgehead atoms. The van der Waals surface area contributed by atoms with Gasteiger partial charge in [0.2, 0.25) is 5.75 Å². The molecule has 0 saturated carbocycles. The number of benzene rings is 2. The highest BCUT2D eigenvalue weighted by atomic mass is 32.1. The summed E-state index contributed by atoms with van der Waals surface area (Å²) in [7, 11) is 4.43. The molecule has 0 heterocycles. The number of nitrogens with one attached hydrogen (secondary N) is 3. The first-order valence-corrected chi connectivity index (χ1v) is 10.1. The lowest BCUT2D eigenvalue weighted by molar-refractivity contribution is 0.0937. The summed E-state index contributed by atoms with van der Waals surface area (Å²) >= 11 is 5.23. The molecular formula is C22H27N3O5S. The normalized spacial score (nSPS) is 11.1. The van der Waals surface area contributed by atoms with E-state index < -0.39 is 5.91 Å². The number of rotatable bonds is 8. The number of amides is 2. The van der Waals surface area contributed by atoms with E-state index in [2.05, 4.69) is 16.0 Å². The first-order valence-electron chi connectivity index (χ1n) is 9.66. The minimum atomic E-state index is -0.443. The maximum absolute atomic E-state index is 12.6. The Kier molecular flexibility index (Phi) is 8.63. The van der Waals surface area contributed by atoms with Gasteiger partial charge in [0.25, 0.3) is 11.8 Å². The lowest BCUT2D eigenvalue weighted by Gasteiger charge is -2.15. The highest BCUT2D eigenvalue weighted by Crippen LogP contribution is 2.38. The molecule has 8 nitrogen and oxygen atoms in total. The maximum atomic E-state index is 12.6. The van der Waals surface area contributed by atoms with Crippen molar-refractivity contribution in [2.45, 2.75) is 26.3 Å². The third-order valence-electron chi connectivity index (χ3n) is 4.55. The number of hydrogen-bond acceptors (Lipinski definition) is 6.